The van der Waals surface area contributed by atoms with Gasteiger partial charge < -0.3 is 20.5 Å². The van der Waals surface area contributed by atoms with E-state index in [0.29, 0.717) is 28.9 Å². The van der Waals surface area contributed by atoms with E-state index in [0.717, 1.165) is 6.42 Å². The maximum atomic E-state index is 12.1. The Balaban J connectivity index is 1.89. The lowest BCUT2D eigenvalue weighted by atomic mass is 10.0. The Labute approximate surface area is 124 Å². The highest BCUT2D eigenvalue weighted by Gasteiger charge is 2.29. The monoisotopic (exact) mass is 298 g/mol. The van der Waals surface area contributed by atoms with Gasteiger partial charge in [0.05, 0.1) is 24.8 Å². The van der Waals surface area contributed by atoms with Crippen LogP contribution in [0.5, 0.6) is 0 Å². The molecule has 1 heterocycles. The number of carbonyl (C=O) groups excluding carboxylic acids is 1. The fraction of sp³-hybridized carbons (Fsp3) is 0.714. The average Bonchev–Trinajstić information content (AvgIpc) is 2.90. The molecule has 0 aromatic rings. The van der Waals surface area contributed by atoms with Gasteiger partial charge in [-0.25, -0.2) is 4.79 Å². The zero-order valence-electron chi connectivity index (χ0n) is 11.8. The summed E-state index contributed by atoms with van der Waals surface area (Å²) in [5, 5.41) is 15.5. The van der Waals surface area contributed by atoms with Crippen molar-refractivity contribution in [2.45, 2.75) is 45.1 Å². The van der Waals surface area contributed by atoms with Gasteiger partial charge in [0.15, 0.2) is 5.11 Å². The lowest BCUT2D eigenvalue weighted by Crippen LogP contribution is -2.51. The van der Waals surface area contributed by atoms with E-state index in [4.69, 9.17) is 17.0 Å². The molecule has 1 atom stereocenters. The molecule has 0 radical (unpaired) electrons. The Morgan fingerprint density at radius 2 is 2.15 bits per heavy atom. The van der Waals surface area contributed by atoms with E-state index < -0.39 is 6.04 Å². The van der Waals surface area contributed by atoms with Crippen molar-refractivity contribution in [1.29, 1.82) is 0 Å². The molecule has 0 saturated heterocycles. The molecule has 3 N–H and O–H groups in total. The Bertz CT molecular complexity index is 417. The summed E-state index contributed by atoms with van der Waals surface area (Å²) in [4.78, 5) is 12.1. The van der Waals surface area contributed by atoms with Crippen LogP contribution >= 0.6 is 12.2 Å². The normalized spacial score (nSPS) is 23.5. The number of aliphatic hydroxyl groups excluding tert-OH is 1. The summed E-state index contributed by atoms with van der Waals surface area (Å²) in [6, 6.07) is -0.484. The molecule has 5 nitrogen and oxygen atoms in total. The number of allylic oxidation sites excluding steroid dienone is 1. The number of hydrogen-bond donors (Lipinski definition) is 3. The highest BCUT2D eigenvalue weighted by Crippen LogP contribution is 2.27. The van der Waals surface area contributed by atoms with Crippen LogP contribution in [0.1, 0.15) is 39.0 Å². The van der Waals surface area contributed by atoms with E-state index in [2.05, 4.69) is 10.6 Å². The van der Waals surface area contributed by atoms with Crippen LogP contribution in [0, 0.1) is 5.92 Å². The van der Waals surface area contributed by atoms with Crippen molar-refractivity contribution in [3.8, 4) is 0 Å². The van der Waals surface area contributed by atoms with Crippen LogP contribution in [0.4, 0.5) is 0 Å². The van der Waals surface area contributed by atoms with Gasteiger partial charge in [-0.1, -0.05) is 25.7 Å². The Hall–Kier alpha value is -1.14. The number of esters is 1. The SMILES string of the molecule is CC1=C(C(=O)OCCC2CCCC2)C(CO)NC(=S)N1. The number of nitrogens with one attached hydrogen (secondary N) is 2. The quantitative estimate of drug-likeness (QED) is 0.524. The van der Waals surface area contributed by atoms with Crippen molar-refractivity contribution in [1.82, 2.24) is 10.6 Å². The van der Waals surface area contributed by atoms with Crippen LogP contribution in [-0.2, 0) is 9.53 Å². The molecule has 0 spiro atoms. The molecule has 20 heavy (non-hydrogen) atoms. The Kier molecular flexibility index (Phi) is 5.37. The number of hydrogen-bond acceptors (Lipinski definition) is 4. The lowest BCUT2D eigenvalue weighted by Gasteiger charge is -2.28. The van der Waals surface area contributed by atoms with Gasteiger partial charge in [-0.05, 0) is 31.5 Å². The molecule has 0 aromatic heterocycles. The third-order valence-electron chi connectivity index (χ3n) is 4.00. The zero-order valence-corrected chi connectivity index (χ0v) is 12.6. The van der Waals surface area contributed by atoms with Gasteiger partial charge in [-0.15, -0.1) is 0 Å². The van der Waals surface area contributed by atoms with E-state index in [-0.39, 0.29) is 12.6 Å². The molecule has 0 amide bonds. The molecule has 6 heteroatoms. The third-order valence-corrected chi connectivity index (χ3v) is 4.22. The van der Waals surface area contributed by atoms with Gasteiger partial charge in [-0.2, -0.15) is 0 Å². The van der Waals surface area contributed by atoms with Crippen molar-refractivity contribution in [3.63, 3.8) is 0 Å². The highest BCUT2D eigenvalue weighted by atomic mass is 32.1. The summed E-state index contributed by atoms with van der Waals surface area (Å²) in [6.45, 7) is 2.03. The maximum Gasteiger partial charge on any atom is 0.337 e. The van der Waals surface area contributed by atoms with Gasteiger partial charge in [0.1, 0.15) is 0 Å². The molecular weight excluding hydrogens is 276 g/mol. The highest BCUT2D eigenvalue weighted by molar-refractivity contribution is 7.80. The van der Waals surface area contributed by atoms with Crippen LogP contribution in [0.25, 0.3) is 0 Å². The predicted molar refractivity (Wildman–Crippen MR) is 80.0 cm³/mol. The van der Waals surface area contributed by atoms with Crippen molar-refractivity contribution in [2.24, 2.45) is 5.92 Å². The third kappa shape index (κ3) is 3.70. The second-order valence-corrected chi connectivity index (χ2v) is 5.86. The number of ether oxygens (including phenoxy) is 1. The van der Waals surface area contributed by atoms with Gasteiger partial charge >= 0.3 is 5.97 Å². The molecule has 1 saturated carbocycles. The van der Waals surface area contributed by atoms with Gasteiger partial charge in [0, 0.05) is 5.70 Å². The standard InChI is InChI=1S/C14H22N2O3S/c1-9-12(11(8-17)16-14(20)15-9)13(18)19-7-6-10-4-2-3-5-10/h10-11,17H,2-8H2,1H3,(H2,15,16,20). The Morgan fingerprint density at radius 1 is 1.45 bits per heavy atom. The van der Waals surface area contributed by atoms with Crippen LogP contribution < -0.4 is 10.6 Å². The molecule has 1 unspecified atom stereocenters. The van der Waals surface area contributed by atoms with Gasteiger partial charge in [0.2, 0.25) is 0 Å². The number of aliphatic hydroxyl groups is 1. The minimum Gasteiger partial charge on any atom is -0.462 e. The minimum absolute atomic E-state index is 0.188. The minimum atomic E-state index is -0.484. The fourth-order valence-electron chi connectivity index (χ4n) is 2.89. The zero-order chi connectivity index (χ0) is 14.5. The van der Waals surface area contributed by atoms with Crippen molar-refractivity contribution in [2.75, 3.05) is 13.2 Å². The summed E-state index contributed by atoms with van der Waals surface area (Å²) in [6.07, 6.45) is 6.01. The second-order valence-electron chi connectivity index (χ2n) is 5.45. The second kappa shape index (κ2) is 7.04. The molecule has 112 valence electrons. The number of rotatable bonds is 5. The first-order valence-corrected chi connectivity index (χ1v) is 7.59. The van der Waals surface area contributed by atoms with E-state index in [9.17, 15) is 9.90 Å². The summed E-state index contributed by atoms with van der Waals surface area (Å²) in [5.74, 6) is 0.323. The van der Waals surface area contributed by atoms with Crippen molar-refractivity contribution in [3.05, 3.63) is 11.3 Å². The smallest absolute Gasteiger partial charge is 0.337 e. The topological polar surface area (TPSA) is 70.6 Å². The molecule has 1 aliphatic heterocycles. The summed E-state index contributed by atoms with van der Waals surface area (Å²) >= 11 is 5.01. The molecule has 0 aromatic carbocycles. The summed E-state index contributed by atoms with van der Waals surface area (Å²) in [7, 11) is 0. The lowest BCUT2D eigenvalue weighted by molar-refractivity contribution is -0.140. The van der Waals surface area contributed by atoms with Crippen molar-refractivity contribution >= 4 is 23.3 Å². The van der Waals surface area contributed by atoms with Crippen LogP contribution in [0.3, 0.4) is 0 Å². The first-order valence-electron chi connectivity index (χ1n) is 7.18. The largest absolute Gasteiger partial charge is 0.462 e. The van der Waals surface area contributed by atoms with E-state index in [1.165, 1.54) is 25.7 Å². The molecule has 2 aliphatic rings. The van der Waals surface area contributed by atoms with E-state index >= 15 is 0 Å². The first kappa shape index (κ1) is 15.3. The van der Waals surface area contributed by atoms with Gasteiger partial charge in [-0.3, -0.25) is 0 Å². The van der Waals surface area contributed by atoms with Crippen LogP contribution in [-0.4, -0.2) is 35.4 Å². The number of carbonyl (C=O) groups is 1. The van der Waals surface area contributed by atoms with Crippen LogP contribution in [0.2, 0.25) is 0 Å². The molecule has 2 rings (SSSR count). The summed E-state index contributed by atoms with van der Waals surface area (Å²) in [5.41, 5.74) is 1.09. The maximum absolute atomic E-state index is 12.1. The molecule has 1 aliphatic carbocycles. The Morgan fingerprint density at radius 3 is 2.80 bits per heavy atom. The fourth-order valence-corrected chi connectivity index (χ4v) is 3.19. The predicted octanol–water partition coefficient (Wildman–Crippen LogP) is 1.22. The van der Waals surface area contributed by atoms with Crippen molar-refractivity contribution < 1.29 is 14.6 Å². The van der Waals surface area contributed by atoms with Gasteiger partial charge in [0.25, 0.3) is 0 Å². The van der Waals surface area contributed by atoms with Crippen LogP contribution in [0.15, 0.2) is 11.3 Å². The molecular formula is C14H22N2O3S. The van der Waals surface area contributed by atoms with E-state index in [1.807, 2.05) is 0 Å². The first-order chi connectivity index (χ1) is 9.61. The summed E-state index contributed by atoms with van der Waals surface area (Å²) < 4.78 is 5.35. The molecule has 0 bridgehead atoms. The average molecular weight is 298 g/mol. The van der Waals surface area contributed by atoms with E-state index in [1.54, 1.807) is 6.92 Å². The molecule has 1 fully saturated rings. The number of thiocarbonyl (C=S) groups is 1.